The van der Waals surface area contributed by atoms with Crippen LogP contribution in [0.25, 0.3) is 11.0 Å². The summed E-state index contributed by atoms with van der Waals surface area (Å²) in [6.45, 7) is 6.18. The minimum Gasteiger partial charge on any atom is -0.507 e. The van der Waals surface area contributed by atoms with Gasteiger partial charge in [0.1, 0.15) is 11.5 Å². The third kappa shape index (κ3) is 1.78. The lowest BCUT2D eigenvalue weighted by Gasteiger charge is -2.08. The van der Waals surface area contributed by atoms with Gasteiger partial charge in [-0.25, -0.2) is 9.97 Å². The van der Waals surface area contributed by atoms with Crippen LogP contribution in [0.3, 0.4) is 0 Å². The van der Waals surface area contributed by atoms with E-state index in [2.05, 4.69) is 9.97 Å². The highest BCUT2D eigenvalue weighted by Crippen LogP contribution is 2.28. The maximum absolute atomic E-state index is 9.80. The first kappa shape index (κ1) is 10.7. The van der Waals surface area contributed by atoms with Gasteiger partial charge in [-0.05, 0) is 26.8 Å². The summed E-state index contributed by atoms with van der Waals surface area (Å²) in [6, 6.07) is 3.40. The monoisotopic (exact) mass is 218 g/mol. The van der Waals surface area contributed by atoms with Crippen LogP contribution >= 0.6 is 0 Å². The molecule has 2 aromatic rings. The molecule has 2 heterocycles. The first-order valence-corrected chi connectivity index (χ1v) is 5.22. The molecule has 0 radical (unpaired) electrons. The van der Waals surface area contributed by atoms with Gasteiger partial charge in [0.2, 0.25) is 0 Å². The molecule has 0 saturated heterocycles. The molecule has 0 aliphatic carbocycles. The average molecular weight is 218 g/mol. The molecular formula is C12H14N2O2. The molecule has 4 heteroatoms. The van der Waals surface area contributed by atoms with Crippen molar-refractivity contribution >= 4 is 11.0 Å². The zero-order chi connectivity index (χ0) is 11.7. The Morgan fingerprint density at radius 1 is 1.25 bits per heavy atom. The van der Waals surface area contributed by atoms with Gasteiger partial charge in [0, 0.05) is 11.8 Å². The molecular weight excluding hydrogens is 204 g/mol. The highest BCUT2D eigenvalue weighted by Gasteiger charge is 2.09. The van der Waals surface area contributed by atoms with Crippen molar-refractivity contribution in [3.8, 4) is 11.5 Å². The number of aromatic nitrogens is 2. The second-order valence-corrected chi connectivity index (χ2v) is 3.66. The molecule has 1 N–H and O–H groups in total. The lowest BCUT2D eigenvalue weighted by Crippen LogP contribution is -1.98. The summed E-state index contributed by atoms with van der Waals surface area (Å²) >= 11 is 0. The van der Waals surface area contributed by atoms with Crippen LogP contribution in [0.15, 0.2) is 12.1 Å². The molecule has 4 nitrogen and oxygen atoms in total. The predicted octanol–water partition coefficient (Wildman–Crippen LogP) is 2.35. The fourth-order valence-corrected chi connectivity index (χ4v) is 1.62. The fraction of sp³-hybridized carbons (Fsp3) is 0.333. The highest BCUT2D eigenvalue weighted by atomic mass is 16.5. The molecule has 0 amide bonds. The van der Waals surface area contributed by atoms with Crippen molar-refractivity contribution in [2.24, 2.45) is 0 Å². The van der Waals surface area contributed by atoms with Crippen molar-refractivity contribution in [3.63, 3.8) is 0 Å². The lowest BCUT2D eigenvalue weighted by atomic mass is 10.2. The number of pyridine rings is 2. The Hall–Kier alpha value is -1.84. The van der Waals surface area contributed by atoms with E-state index in [1.165, 1.54) is 0 Å². The summed E-state index contributed by atoms with van der Waals surface area (Å²) in [4.78, 5) is 8.59. The van der Waals surface area contributed by atoms with Crippen molar-refractivity contribution in [2.45, 2.75) is 20.8 Å². The van der Waals surface area contributed by atoms with Crippen LogP contribution in [0.5, 0.6) is 11.5 Å². The molecule has 0 spiro atoms. The van der Waals surface area contributed by atoms with Gasteiger partial charge < -0.3 is 9.84 Å². The van der Waals surface area contributed by atoms with E-state index in [0.717, 1.165) is 11.4 Å². The largest absolute Gasteiger partial charge is 0.507 e. The van der Waals surface area contributed by atoms with Gasteiger partial charge in [-0.1, -0.05) is 0 Å². The number of aromatic hydroxyl groups is 1. The van der Waals surface area contributed by atoms with Crippen LogP contribution in [-0.4, -0.2) is 21.7 Å². The topological polar surface area (TPSA) is 55.2 Å². The van der Waals surface area contributed by atoms with E-state index in [0.29, 0.717) is 23.4 Å². The minimum absolute atomic E-state index is 0.191. The summed E-state index contributed by atoms with van der Waals surface area (Å²) in [7, 11) is 0. The zero-order valence-electron chi connectivity index (χ0n) is 9.61. The molecule has 16 heavy (non-hydrogen) atoms. The number of aryl methyl sites for hydroxylation is 2. The predicted molar refractivity (Wildman–Crippen MR) is 61.8 cm³/mol. The van der Waals surface area contributed by atoms with Gasteiger partial charge in [0.05, 0.1) is 17.7 Å². The fourth-order valence-electron chi connectivity index (χ4n) is 1.62. The van der Waals surface area contributed by atoms with Crippen LogP contribution in [0.1, 0.15) is 18.3 Å². The number of fused-ring (bicyclic) bond motifs is 1. The Kier molecular flexibility index (Phi) is 2.64. The van der Waals surface area contributed by atoms with Crippen molar-refractivity contribution in [3.05, 3.63) is 23.5 Å². The molecule has 0 aliphatic rings. The summed E-state index contributed by atoms with van der Waals surface area (Å²) in [6.07, 6.45) is 0. The third-order valence-corrected chi connectivity index (χ3v) is 2.35. The van der Waals surface area contributed by atoms with E-state index in [-0.39, 0.29) is 5.75 Å². The van der Waals surface area contributed by atoms with Gasteiger partial charge in [0.15, 0.2) is 5.65 Å². The normalized spacial score (nSPS) is 10.7. The SMILES string of the molecule is CCOc1cc2c(O)cc(C)nc2nc1C. The second kappa shape index (κ2) is 3.96. The third-order valence-electron chi connectivity index (χ3n) is 2.35. The van der Waals surface area contributed by atoms with E-state index in [1.807, 2.05) is 20.8 Å². The molecule has 84 valence electrons. The van der Waals surface area contributed by atoms with Crippen LogP contribution in [0.4, 0.5) is 0 Å². The van der Waals surface area contributed by atoms with Crippen molar-refractivity contribution in [1.82, 2.24) is 9.97 Å². The maximum Gasteiger partial charge on any atom is 0.163 e. The molecule has 0 atom stereocenters. The van der Waals surface area contributed by atoms with Crippen molar-refractivity contribution < 1.29 is 9.84 Å². The van der Waals surface area contributed by atoms with Gasteiger partial charge in [-0.3, -0.25) is 0 Å². The number of ether oxygens (including phenoxy) is 1. The number of hydrogen-bond donors (Lipinski definition) is 1. The number of rotatable bonds is 2. The van der Waals surface area contributed by atoms with Crippen LogP contribution in [0, 0.1) is 13.8 Å². The van der Waals surface area contributed by atoms with Gasteiger partial charge in [0.25, 0.3) is 0 Å². The Morgan fingerprint density at radius 3 is 2.69 bits per heavy atom. The first-order valence-electron chi connectivity index (χ1n) is 5.22. The lowest BCUT2D eigenvalue weighted by molar-refractivity contribution is 0.336. The van der Waals surface area contributed by atoms with E-state index < -0.39 is 0 Å². The molecule has 0 aromatic carbocycles. The van der Waals surface area contributed by atoms with E-state index >= 15 is 0 Å². The quantitative estimate of drug-likeness (QED) is 0.840. The van der Waals surface area contributed by atoms with Crippen molar-refractivity contribution in [1.29, 1.82) is 0 Å². The Balaban J connectivity index is 2.69. The molecule has 0 aliphatic heterocycles. The molecule has 2 rings (SSSR count). The Labute approximate surface area is 93.9 Å². The summed E-state index contributed by atoms with van der Waals surface area (Å²) in [5, 5.41) is 10.4. The smallest absolute Gasteiger partial charge is 0.163 e. The molecule has 0 unspecified atom stereocenters. The van der Waals surface area contributed by atoms with Crippen LogP contribution < -0.4 is 4.74 Å². The number of hydrogen-bond acceptors (Lipinski definition) is 4. The summed E-state index contributed by atoms with van der Waals surface area (Å²) < 4.78 is 5.43. The standard InChI is InChI=1S/C12H14N2O2/c1-4-16-11-6-9-10(15)5-7(2)13-12(9)14-8(11)3/h5-6H,4H2,1-3H3,(H,13,14,15). The van der Waals surface area contributed by atoms with E-state index in [4.69, 9.17) is 4.74 Å². The van der Waals surface area contributed by atoms with Crippen LogP contribution in [0.2, 0.25) is 0 Å². The Bertz CT molecular complexity index is 538. The van der Waals surface area contributed by atoms with E-state index in [9.17, 15) is 5.11 Å². The minimum atomic E-state index is 0.191. The average Bonchev–Trinajstić information content (AvgIpc) is 2.20. The zero-order valence-corrected chi connectivity index (χ0v) is 9.61. The first-order chi connectivity index (χ1) is 7.61. The van der Waals surface area contributed by atoms with Crippen molar-refractivity contribution in [2.75, 3.05) is 6.61 Å². The Morgan fingerprint density at radius 2 is 2.00 bits per heavy atom. The van der Waals surface area contributed by atoms with Gasteiger partial charge >= 0.3 is 0 Å². The van der Waals surface area contributed by atoms with Gasteiger partial charge in [-0.15, -0.1) is 0 Å². The van der Waals surface area contributed by atoms with Crippen LogP contribution in [-0.2, 0) is 0 Å². The highest BCUT2D eigenvalue weighted by molar-refractivity contribution is 5.83. The maximum atomic E-state index is 9.80. The summed E-state index contributed by atoms with van der Waals surface area (Å²) in [5.74, 6) is 0.881. The molecule has 0 saturated carbocycles. The van der Waals surface area contributed by atoms with E-state index in [1.54, 1.807) is 12.1 Å². The molecule has 0 bridgehead atoms. The van der Waals surface area contributed by atoms with Gasteiger partial charge in [-0.2, -0.15) is 0 Å². The number of nitrogens with zero attached hydrogens (tertiary/aromatic N) is 2. The second-order valence-electron chi connectivity index (χ2n) is 3.66. The summed E-state index contributed by atoms with van der Waals surface area (Å²) in [5.41, 5.74) is 2.09. The molecule has 2 aromatic heterocycles. The molecule has 0 fully saturated rings.